The normalized spacial score (nSPS) is 16.3. The fourth-order valence-corrected chi connectivity index (χ4v) is 5.89. The first-order chi connectivity index (χ1) is 13.7. The van der Waals surface area contributed by atoms with Crippen molar-refractivity contribution in [1.82, 2.24) is 5.48 Å². The second-order valence-electron chi connectivity index (χ2n) is 6.67. The Labute approximate surface area is 168 Å². The van der Waals surface area contributed by atoms with Gasteiger partial charge in [-0.05, 0) is 37.1 Å². The van der Waals surface area contributed by atoms with Gasteiger partial charge in [-0.15, -0.1) is 0 Å². The summed E-state index contributed by atoms with van der Waals surface area (Å²) in [6, 6.07) is 15.2. The van der Waals surface area contributed by atoms with E-state index in [0.717, 1.165) is 0 Å². The number of hydrogen-bond acceptors (Lipinski definition) is 7. The average Bonchev–Trinajstić information content (AvgIpc) is 3.01. The number of carbonyl (C=O) groups excluding carboxylic acids is 2. The predicted octanol–water partition coefficient (Wildman–Crippen LogP) is 1.29. The average molecular weight is 437 g/mol. The van der Waals surface area contributed by atoms with Crippen LogP contribution in [0.25, 0.3) is 0 Å². The molecule has 2 aromatic carbocycles. The molecule has 1 aliphatic rings. The second-order valence-corrected chi connectivity index (χ2v) is 10.9. The van der Waals surface area contributed by atoms with Crippen LogP contribution in [0.1, 0.15) is 12.8 Å². The minimum Gasteiger partial charge on any atom is -0.340 e. The molecule has 1 amide bonds. The van der Waals surface area contributed by atoms with Crippen LogP contribution >= 0.6 is 0 Å². The molecule has 0 aliphatic carbocycles. The first kappa shape index (κ1) is 21.0. The lowest BCUT2D eigenvalue weighted by atomic mass is 9.82. The summed E-state index contributed by atoms with van der Waals surface area (Å²) in [6.07, 6.45) is -0.779. The molecule has 2 aromatic rings. The third kappa shape index (κ3) is 4.33. The van der Waals surface area contributed by atoms with Crippen molar-refractivity contribution in [1.29, 1.82) is 0 Å². The van der Waals surface area contributed by atoms with Crippen LogP contribution in [-0.4, -0.2) is 40.2 Å². The Hall–Kier alpha value is -2.72. The maximum atomic E-state index is 12.6. The molecule has 1 fully saturated rings. The molecule has 0 atom stereocenters. The molecule has 3 rings (SSSR count). The molecule has 1 aliphatic heterocycles. The van der Waals surface area contributed by atoms with Gasteiger partial charge in [0.2, 0.25) is 0 Å². The number of hydroxylamine groups is 1. The number of amides is 1. The zero-order valence-corrected chi connectivity index (χ0v) is 16.9. The van der Waals surface area contributed by atoms with E-state index < -0.39 is 48.5 Å². The van der Waals surface area contributed by atoms with E-state index in [2.05, 4.69) is 4.84 Å². The Kier molecular flexibility index (Phi) is 5.76. The molecule has 1 saturated heterocycles. The molecule has 29 heavy (non-hydrogen) atoms. The topological polar surface area (TPSA) is 124 Å². The van der Waals surface area contributed by atoms with Gasteiger partial charge in [0, 0.05) is 0 Å². The standard InChI is InChI=1S/C19H19NO7S2/c21-17-19(18(22)27-20-17,11-13-28(23,24)15-7-3-1-4-8-15)12-14-29(25,26)16-9-5-2-6-10-16/h1-10H,11-14H2,(H,20,21). The van der Waals surface area contributed by atoms with E-state index >= 15 is 0 Å². The molecule has 0 unspecified atom stereocenters. The molecular formula is C19H19NO7S2. The van der Waals surface area contributed by atoms with Gasteiger partial charge in [-0.2, -0.15) is 5.48 Å². The van der Waals surface area contributed by atoms with Crippen LogP contribution in [0.4, 0.5) is 0 Å². The maximum Gasteiger partial charge on any atom is 0.347 e. The van der Waals surface area contributed by atoms with Crippen molar-refractivity contribution in [3.8, 4) is 0 Å². The highest BCUT2D eigenvalue weighted by atomic mass is 32.2. The summed E-state index contributed by atoms with van der Waals surface area (Å²) in [5.74, 6) is -2.83. The quantitative estimate of drug-likeness (QED) is 0.617. The van der Waals surface area contributed by atoms with Gasteiger partial charge in [-0.1, -0.05) is 36.4 Å². The summed E-state index contributed by atoms with van der Waals surface area (Å²) >= 11 is 0. The molecule has 0 saturated carbocycles. The highest BCUT2D eigenvalue weighted by molar-refractivity contribution is 7.91. The van der Waals surface area contributed by atoms with Crippen LogP contribution in [0.3, 0.4) is 0 Å². The third-order valence-corrected chi connectivity index (χ3v) is 8.33. The van der Waals surface area contributed by atoms with Gasteiger partial charge in [0.25, 0.3) is 5.91 Å². The van der Waals surface area contributed by atoms with Crippen LogP contribution < -0.4 is 5.48 Å². The fraction of sp³-hybridized carbons (Fsp3) is 0.263. The van der Waals surface area contributed by atoms with Gasteiger partial charge in [-0.3, -0.25) is 4.79 Å². The maximum absolute atomic E-state index is 12.6. The summed E-state index contributed by atoms with van der Waals surface area (Å²) in [5.41, 5.74) is 0.0489. The van der Waals surface area contributed by atoms with Crippen molar-refractivity contribution < 1.29 is 31.3 Å². The minimum absolute atomic E-state index is 0.0545. The van der Waals surface area contributed by atoms with E-state index in [4.69, 9.17) is 0 Å². The Bertz CT molecular complexity index is 1020. The largest absolute Gasteiger partial charge is 0.347 e. The van der Waals surface area contributed by atoms with E-state index in [0.29, 0.717) is 0 Å². The zero-order chi connectivity index (χ0) is 21.1. The molecule has 0 bridgehead atoms. The SMILES string of the molecule is O=C1NOC(=O)C1(CCS(=O)(=O)c1ccccc1)CCS(=O)(=O)c1ccccc1. The number of rotatable bonds is 8. The van der Waals surface area contributed by atoms with Crippen molar-refractivity contribution in [2.24, 2.45) is 5.41 Å². The predicted molar refractivity (Wildman–Crippen MR) is 103 cm³/mol. The molecule has 0 aromatic heterocycles. The van der Waals surface area contributed by atoms with Gasteiger partial charge >= 0.3 is 5.97 Å². The molecular weight excluding hydrogens is 418 g/mol. The fourth-order valence-electron chi connectivity index (χ4n) is 3.05. The summed E-state index contributed by atoms with van der Waals surface area (Å²) in [6.45, 7) is 0. The van der Waals surface area contributed by atoms with Gasteiger partial charge in [0.15, 0.2) is 25.1 Å². The van der Waals surface area contributed by atoms with E-state index in [9.17, 15) is 26.4 Å². The number of nitrogens with one attached hydrogen (secondary N) is 1. The molecule has 1 N–H and O–H groups in total. The van der Waals surface area contributed by atoms with Crippen LogP contribution in [0.15, 0.2) is 70.5 Å². The number of sulfone groups is 2. The van der Waals surface area contributed by atoms with Gasteiger partial charge in [-0.25, -0.2) is 21.6 Å². The Morgan fingerprint density at radius 1 is 0.724 bits per heavy atom. The van der Waals surface area contributed by atoms with E-state index in [-0.39, 0.29) is 22.6 Å². The van der Waals surface area contributed by atoms with E-state index in [1.54, 1.807) is 36.4 Å². The van der Waals surface area contributed by atoms with Crippen molar-refractivity contribution in [2.45, 2.75) is 22.6 Å². The Morgan fingerprint density at radius 3 is 1.48 bits per heavy atom. The summed E-state index contributed by atoms with van der Waals surface area (Å²) in [7, 11) is -7.55. The highest BCUT2D eigenvalue weighted by Gasteiger charge is 2.53. The van der Waals surface area contributed by atoms with Gasteiger partial charge < -0.3 is 4.84 Å². The Balaban J connectivity index is 1.82. The van der Waals surface area contributed by atoms with Gasteiger partial charge in [0.1, 0.15) is 0 Å². The summed E-state index contributed by atoms with van der Waals surface area (Å²) in [5, 5.41) is 0. The molecule has 10 heteroatoms. The first-order valence-electron chi connectivity index (χ1n) is 8.75. The summed E-state index contributed by atoms with van der Waals surface area (Å²) in [4.78, 5) is 29.4. The molecule has 1 heterocycles. The van der Waals surface area contributed by atoms with Crippen molar-refractivity contribution in [2.75, 3.05) is 11.5 Å². The van der Waals surface area contributed by atoms with E-state index in [1.165, 1.54) is 24.3 Å². The second kappa shape index (κ2) is 7.96. The van der Waals surface area contributed by atoms with Crippen LogP contribution in [0, 0.1) is 5.41 Å². The lowest BCUT2D eigenvalue weighted by Crippen LogP contribution is -2.39. The smallest absolute Gasteiger partial charge is 0.340 e. The number of hydrogen-bond donors (Lipinski definition) is 1. The molecule has 8 nitrogen and oxygen atoms in total. The minimum atomic E-state index is -3.78. The molecule has 0 radical (unpaired) electrons. The van der Waals surface area contributed by atoms with Crippen molar-refractivity contribution >= 4 is 31.6 Å². The number of carbonyl (C=O) groups is 2. The van der Waals surface area contributed by atoms with Crippen molar-refractivity contribution in [3.63, 3.8) is 0 Å². The molecule has 0 spiro atoms. The van der Waals surface area contributed by atoms with Gasteiger partial charge in [0.05, 0.1) is 21.3 Å². The monoisotopic (exact) mass is 437 g/mol. The number of benzene rings is 2. The molecule has 154 valence electrons. The Morgan fingerprint density at radius 2 is 1.14 bits per heavy atom. The highest BCUT2D eigenvalue weighted by Crippen LogP contribution is 2.35. The lowest BCUT2D eigenvalue weighted by molar-refractivity contribution is -0.150. The first-order valence-corrected chi connectivity index (χ1v) is 12.1. The summed E-state index contributed by atoms with van der Waals surface area (Å²) < 4.78 is 50.3. The zero-order valence-electron chi connectivity index (χ0n) is 15.3. The van der Waals surface area contributed by atoms with Crippen LogP contribution in [0.5, 0.6) is 0 Å². The third-order valence-electron chi connectivity index (χ3n) is 4.86. The van der Waals surface area contributed by atoms with Crippen molar-refractivity contribution in [3.05, 3.63) is 60.7 Å². The van der Waals surface area contributed by atoms with E-state index in [1.807, 2.05) is 5.48 Å². The van der Waals surface area contributed by atoms with Crippen LogP contribution in [-0.2, 0) is 34.1 Å². The lowest BCUT2D eigenvalue weighted by Gasteiger charge is -2.21. The van der Waals surface area contributed by atoms with Crippen LogP contribution in [0.2, 0.25) is 0 Å².